The molecule has 0 spiro atoms. The molecule has 0 aliphatic rings. The van der Waals surface area contributed by atoms with E-state index in [1.54, 1.807) is 42.7 Å². The highest BCUT2D eigenvalue weighted by molar-refractivity contribution is 7.99. The van der Waals surface area contributed by atoms with Crippen molar-refractivity contribution in [3.8, 4) is 11.5 Å². The van der Waals surface area contributed by atoms with Gasteiger partial charge in [0.15, 0.2) is 0 Å². The van der Waals surface area contributed by atoms with Crippen molar-refractivity contribution in [3.63, 3.8) is 0 Å². The highest BCUT2D eigenvalue weighted by atomic mass is 32.2. The minimum atomic E-state index is -0.755. The van der Waals surface area contributed by atoms with Crippen molar-refractivity contribution in [2.75, 3.05) is 19.5 Å². The summed E-state index contributed by atoms with van der Waals surface area (Å²) < 4.78 is 10.5. The Morgan fingerprint density at radius 2 is 1.61 bits per heavy atom. The van der Waals surface area contributed by atoms with Crippen molar-refractivity contribution >= 4 is 29.3 Å². The molecule has 0 saturated carbocycles. The number of hydrogen-bond donors (Lipinski definition) is 2. The second-order valence-corrected chi connectivity index (χ2v) is 8.48. The molecule has 8 nitrogen and oxygen atoms in total. The van der Waals surface area contributed by atoms with Gasteiger partial charge in [0.1, 0.15) is 27.6 Å². The average molecular weight is 467 g/mol. The van der Waals surface area contributed by atoms with Crippen LogP contribution < -0.4 is 20.1 Å². The van der Waals surface area contributed by atoms with Crippen molar-refractivity contribution in [2.45, 2.75) is 29.9 Å². The number of amides is 2. The lowest BCUT2D eigenvalue weighted by molar-refractivity contribution is -0.118. The summed E-state index contributed by atoms with van der Waals surface area (Å²) in [5.41, 5.74) is 0.916. The Bertz CT molecular complexity index is 1090. The first-order chi connectivity index (χ1) is 15.9. The number of nitrogens with zero attached hydrogens (tertiary/aromatic N) is 2. The SMILES string of the molecule is COc1cc(OC)cc(C(=O)NC(C(=O)Nc2ccnc(Sc3ccccn3)c2)C(C)C)c1. The van der Waals surface area contributed by atoms with Gasteiger partial charge in [-0.05, 0) is 42.3 Å². The number of rotatable bonds is 9. The third-order valence-electron chi connectivity index (χ3n) is 4.70. The Hall–Kier alpha value is -3.59. The number of benzene rings is 1. The molecular weight excluding hydrogens is 440 g/mol. The standard InChI is InChI=1S/C24H26N4O4S/c1-15(2)22(28-23(29)16-11-18(31-3)14-19(12-16)32-4)24(30)27-17-8-10-26-21(13-17)33-20-7-5-6-9-25-20/h5-15,22H,1-4H3,(H,28,29)(H,26,27,30). The topological polar surface area (TPSA) is 102 Å². The quantitative estimate of drug-likeness (QED) is 0.491. The Balaban J connectivity index is 1.72. The molecule has 1 unspecified atom stereocenters. The monoisotopic (exact) mass is 466 g/mol. The number of pyridine rings is 2. The van der Waals surface area contributed by atoms with Crippen LogP contribution in [0.4, 0.5) is 5.69 Å². The number of anilines is 1. The first-order valence-corrected chi connectivity index (χ1v) is 11.1. The number of carbonyl (C=O) groups is 2. The van der Waals surface area contributed by atoms with Crippen molar-refractivity contribution in [3.05, 3.63) is 66.5 Å². The van der Waals surface area contributed by atoms with E-state index in [0.717, 1.165) is 5.03 Å². The lowest BCUT2D eigenvalue weighted by Crippen LogP contribution is -2.47. The van der Waals surface area contributed by atoms with Crippen LogP contribution in [0.15, 0.2) is 71.0 Å². The maximum Gasteiger partial charge on any atom is 0.252 e. The fourth-order valence-corrected chi connectivity index (χ4v) is 3.75. The van der Waals surface area contributed by atoms with Gasteiger partial charge < -0.3 is 20.1 Å². The molecule has 3 aromatic rings. The Labute approximate surface area is 197 Å². The van der Waals surface area contributed by atoms with Crippen LogP contribution in [0.25, 0.3) is 0 Å². The fraction of sp³-hybridized carbons (Fsp3) is 0.250. The lowest BCUT2D eigenvalue weighted by atomic mass is 10.0. The summed E-state index contributed by atoms with van der Waals surface area (Å²) in [6.07, 6.45) is 3.33. The van der Waals surface area contributed by atoms with Gasteiger partial charge in [-0.25, -0.2) is 9.97 Å². The molecule has 1 atom stereocenters. The minimum Gasteiger partial charge on any atom is -0.497 e. The van der Waals surface area contributed by atoms with E-state index in [-0.39, 0.29) is 11.8 Å². The predicted octanol–water partition coefficient (Wildman–Crippen LogP) is 4.04. The first kappa shape index (κ1) is 24.1. The second kappa shape index (κ2) is 11.3. The molecule has 33 heavy (non-hydrogen) atoms. The Morgan fingerprint density at radius 3 is 2.21 bits per heavy atom. The second-order valence-electron chi connectivity index (χ2n) is 7.44. The van der Waals surface area contributed by atoms with Crippen LogP contribution in [0.2, 0.25) is 0 Å². The van der Waals surface area contributed by atoms with Crippen molar-refractivity contribution in [1.82, 2.24) is 15.3 Å². The van der Waals surface area contributed by atoms with E-state index < -0.39 is 11.9 Å². The zero-order valence-electron chi connectivity index (χ0n) is 18.9. The van der Waals surface area contributed by atoms with E-state index in [0.29, 0.717) is 27.8 Å². The van der Waals surface area contributed by atoms with Crippen molar-refractivity contribution in [1.29, 1.82) is 0 Å². The van der Waals surface area contributed by atoms with Crippen LogP contribution in [0.5, 0.6) is 11.5 Å². The molecule has 0 aliphatic carbocycles. The zero-order chi connectivity index (χ0) is 23.8. The molecular formula is C24H26N4O4S. The molecule has 2 N–H and O–H groups in total. The molecule has 0 fully saturated rings. The smallest absolute Gasteiger partial charge is 0.252 e. The molecule has 172 valence electrons. The molecule has 2 amide bonds. The summed E-state index contributed by atoms with van der Waals surface area (Å²) in [5, 5.41) is 7.19. The largest absolute Gasteiger partial charge is 0.497 e. The number of aromatic nitrogens is 2. The third-order valence-corrected chi connectivity index (χ3v) is 5.58. The molecule has 0 aliphatic heterocycles. The lowest BCUT2D eigenvalue weighted by Gasteiger charge is -2.22. The van der Waals surface area contributed by atoms with Crippen LogP contribution in [0.1, 0.15) is 24.2 Å². The first-order valence-electron chi connectivity index (χ1n) is 10.3. The van der Waals surface area contributed by atoms with Crippen LogP contribution in [0.3, 0.4) is 0 Å². The number of methoxy groups -OCH3 is 2. The number of nitrogens with one attached hydrogen (secondary N) is 2. The number of hydrogen-bond acceptors (Lipinski definition) is 7. The summed E-state index contributed by atoms with van der Waals surface area (Å²) in [6, 6.07) is 13.2. The summed E-state index contributed by atoms with van der Waals surface area (Å²) >= 11 is 1.39. The highest BCUT2D eigenvalue weighted by Gasteiger charge is 2.25. The molecule has 9 heteroatoms. The number of ether oxygens (including phenoxy) is 2. The molecule has 3 rings (SSSR count). The normalized spacial score (nSPS) is 11.5. The predicted molar refractivity (Wildman–Crippen MR) is 127 cm³/mol. The van der Waals surface area contributed by atoms with Crippen LogP contribution >= 0.6 is 11.8 Å². The maximum absolute atomic E-state index is 13.0. The summed E-state index contributed by atoms with van der Waals surface area (Å²) in [6.45, 7) is 3.73. The van der Waals surface area contributed by atoms with Gasteiger partial charge in [0.25, 0.3) is 5.91 Å². The Morgan fingerprint density at radius 1 is 0.909 bits per heavy atom. The van der Waals surface area contributed by atoms with E-state index in [2.05, 4.69) is 20.6 Å². The molecule has 1 aromatic carbocycles. The van der Waals surface area contributed by atoms with E-state index in [9.17, 15) is 9.59 Å². The van der Waals surface area contributed by atoms with E-state index >= 15 is 0 Å². The summed E-state index contributed by atoms with van der Waals surface area (Å²) in [4.78, 5) is 34.5. The van der Waals surface area contributed by atoms with Gasteiger partial charge in [0.05, 0.1) is 14.2 Å². The summed E-state index contributed by atoms with van der Waals surface area (Å²) in [5.74, 6) is 0.0977. The molecule has 2 heterocycles. The summed E-state index contributed by atoms with van der Waals surface area (Å²) in [7, 11) is 3.02. The van der Waals surface area contributed by atoms with E-state index in [4.69, 9.17) is 9.47 Å². The van der Waals surface area contributed by atoms with Crippen LogP contribution in [-0.4, -0.2) is 42.0 Å². The van der Waals surface area contributed by atoms with Crippen molar-refractivity contribution < 1.29 is 19.1 Å². The van der Waals surface area contributed by atoms with Gasteiger partial charge in [0.2, 0.25) is 5.91 Å². The third kappa shape index (κ3) is 6.69. The molecule has 2 aromatic heterocycles. The van der Waals surface area contributed by atoms with Gasteiger partial charge in [-0.3, -0.25) is 9.59 Å². The fourth-order valence-electron chi connectivity index (χ4n) is 2.98. The van der Waals surface area contributed by atoms with Gasteiger partial charge >= 0.3 is 0 Å². The van der Waals surface area contributed by atoms with E-state index in [1.807, 2.05) is 32.0 Å². The maximum atomic E-state index is 13.0. The van der Waals surface area contributed by atoms with Crippen LogP contribution in [0, 0.1) is 5.92 Å². The van der Waals surface area contributed by atoms with Gasteiger partial charge in [0, 0.05) is 29.7 Å². The Kier molecular flexibility index (Phi) is 8.26. The van der Waals surface area contributed by atoms with Gasteiger partial charge in [-0.1, -0.05) is 31.7 Å². The molecule has 0 bridgehead atoms. The van der Waals surface area contributed by atoms with Crippen molar-refractivity contribution in [2.24, 2.45) is 5.92 Å². The highest BCUT2D eigenvalue weighted by Crippen LogP contribution is 2.26. The minimum absolute atomic E-state index is 0.148. The van der Waals surface area contributed by atoms with Crippen LogP contribution in [-0.2, 0) is 4.79 Å². The molecule has 0 saturated heterocycles. The number of carbonyl (C=O) groups excluding carboxylic acids is 2. The zero-order valence-corrected chi connectivity index (χ0v) is 19.7. The van der Waals surface area contributed by atoms with Gasteiger partial charge in [-0.2, -0.15) is 0 Å². The van der Waals surface area contributed by atoms with Gasteiger partial charge in [-0.15, -0.1) is 0 Å². The van der Waals surface area contributed by atoms with E-state index in [1.165, 1.54) is 26.0 Å². The molecule has 0 radical (unpaired) electrons. The average Bonchev–Trinajstić information content (AvgIpc) is 2.82.